The average Bonchev–Trinajstić information content (AvgIpc) is 3.27. The van der Waals surface area contributed by atoms with E-state index in [1.54, 1.807) is 19.2 Å². The van der Waals surface area contributed by atoms with Crippen molar-refractivity contribution in [2.75, 3.05) is 34.3 Å². The minimum Gasteiger partial charge on any atom is -0.505 e. The molecule has 1 aromatic carbocycles. The van der Waals surface area contributed by atoms with E-state index in [9.17, 15) is 14.7 Å². The predicted molar refractivity (Wildman–Crippen MR) is 125 cm³/mol. The van der Waals surface area contributed by atoms with E-state index in [-0.39, 0.29) is 11.3 Å². The highest BCUT2D eigenvalue weighted by Gasteiger charge is 2.46. The zero-order chi connectivity index (χ0) is 23.9. The quantitative estimate of drug-likeness (QED) is 0.354. The van der Waals surface area contributed by atoms with Gasteiger partial charge in [0.25, 0.3) is 11.7 Å². The lowest BCUT2D eigenvalue weighted by Gasteiger charge is -2.26. The van der Waals surface area contributed by atoms with Gasteiger partial charge in [-0.1, -0.05) is 18.2 Å². The molecule has 0 aliphatic carbocycles. The highest BCUT2D eigenvalue weighted by molar-refractivity contribution is 6.46. The van der Waals surface area contributed by atoms with Gasteiger partial charge in [0.05, 0.1) is 24.4 Å². The first-order valence-electron chi connectivity index (χ1n) is 10.8. The van der Waals surface area contributed by atoms with Crippen molar-refractivity contribution in [1.82, 2.24) is 19.2 Å². The summed E-state index contributed by atoms with van der Waals surface area (Å²) in [5.41, 5.74) is 3.39. The first kappa shape index (κ1) is 22.5. The molecular formula is C25H28N4O4. The van der Waals surface area contributed by atoms with Gasteiger partial charge in [0.2, 0.25) is 0 Å². The van der Waals surface area contributed by atoms with Gasteiger partial charge in [0.15, 0.2) is 5.76 Å². The van der Waals surface area contributed by atoms with E-state index in [2.05, 4.69) is 4.98 Å². The van der Waals surface area contributed by atoms with Crippen LogP contribution in [0.5, 0.6) is 5.75 Å². The van der Waals surface area contributed by atoms with Gasteiger partial charge < -0.3 is 24.0 Å². The van der Waals surface area contributed by atoms with E-state index >= 15 is 0 Å². The highest BCUT2D eigenvalue weighted by atomic mass is 16.5. The molecule has 8 heteroatoms. The van der Waals surface area contributed by atoms with E-state index in [1.165, 1.54) is 4.90 Å². The molecule has 3 aromatic rings. The molecule has 8 nitrogen and oxygen atoms in total. The third-order valence-corrected chi connectivity index (χ3v) is 6.07. The normalized spacial score (nSPS) is 18.0. The minimum atomic E-state index is -0.721. The minimum absolute atomic E-state index is 0.0492. The Balaban J connectivity index is 1.90. The fourth-order valence-corrected chi connectivity index (χ4v) is 4.23. The summed E-state index contributed by atoms with van der Waals surface area (Å²) in [5, 5.41) is 11.4. The maximum Gasteiger partial charge on any atom is 0.295 e. The SMILES string of the molecule is COc1ccc(C2C(=C(O)c3nc4c(C)cccn4c3C)C(=O)C(=O)N2CCN(C)C)cc1. The highest BCUT2D eigenvalue weighted by Crippen LogP contribution is 2.40. The first-order valence-corrected chi connectivity index (χ1v) is 10.8. The van der Waals surface area contributed by atoms with Gasteiger partial charge in [-0.3, -0.25) is 9.59 Å². The summed E-state index contributed by atoms with van der Waals surface area (Å²) < 4.78 is 7.13. The fourth-order valence-electron chi connectivity index (χ4n) is 4.23. The van der Waals surface area contributed by atoms with Crippen LogP contribution in [0.1, 0.15) is 28.6 Å². The van der Waals surface area contributed by atoms with Crippen molar-refractivity contribution in [2.24, 2.45) is 0 Å². The number of fused-ring (bicyclic) bond motifs is 1. The summed E-state index contributed by atoms with van der Waals surface area (Å²) in [6, 6.07) is 10.3. The van der Waals surface area contributed by atoms with Crippen LogP contribution in [0.4, 0.5) is 0 Å². The Bertz CT molecular complexity index is 1260. The van der Waals surface area contributed by atoms with Gasteiger partial charge in [0.1, 0.15) is 17.1 Å². The number of hydrogen-bond donors (Lipinski definition) is 1. The number of nitrogens with zero attached hydrogens (tertiary/aromatic N) is 4. The number of likely N-dealkylation sites (N-methyl/N-ethyl adjacent to an activating group) is 1. The number of amides is 1. The Hall–Kier alpha value is -3.65. The van der Waals surface area contributed by atoms with Crippen LogP contribution in [0, 0.1) is 13.8 Å². The molecule has 1 aliphatic heterocycles. The molecule has 3 heterocycles. The number of imidazole rings is 1. The summed E-state index contributed by atoms with van der Waals surface area (Å²) in [7, 11) is 5.38. The smallest absolute Gasteiger partial charge is 0.295 e. The molecule has 0 saturated carbocycles. The molecule has 1 fully saturated rings. The molecule has 1 unspecified atom stereocenters. The number of rotatable bonds is 6. The average molecular weight is 449 g/mol. The fraction of sp³-hybridized carbons (Fsp3) is 0.320. The maximum absolute atomic E-state index is 13.2. The summed E-state index contributed by atoms with van der Waals surface area (Å²) >= 11 is 0. The number of benzene rings is 1. The number of hydrogen-bond acceptors (Lipinski definition) is 6. The molecule has 1 aliphatic rings. The van der Waals surface area contributed by atoms with Gasteiger partial charge in [-0.15, -0.1) is 0 Å². The van der Waals surface area contributed by atoms with E-state index in [4.69, 9.17) is 4.74 Å². The van der Waals surface area contributed by atoms with Gasteiger partial charge in [-0.25, -0.2) is 4.98 Å². The number of methoxy groups -OCH3 is 1. The van der Waals surface area contributed by atoms with Crippen LogP contribution in [-0.2, 0) is 9.59 Å². The Morgan fingerprint density at radius 1 is 1.15 bits per heavy atom. The van der Waals surface area contributed by atoms with Gasteiger partial charge in [0, 0.05) is 19.3 Å². The van der Waals surface area contributed by atoms with Crippen molar-refractivity contribution >= 4 is 23.1 Å². The monoisotopic (exact) mass is 448 g/mol. The van der Waals surface area contributed by atoms with Crippen LogP contribution in [0.2, 0.25) is 0 Å². The molecule has 2 aromatic heterocycles. The molecular weight excluding hydrogens is 420 g/mol. The zero-order valence-electron chi connectivity index (χ0n) is 19.5. The number of Topliss-reactive ketones (excluding diaryl/α,β-unsaturated/α-hetero) is 1. The van der Waals surface area contributed by atoms with E-state index in [0.29, 0.717) is 41.4 Å². The summed E-state index contributed by atoms with van der Waals surface area (Å²) in [6.07, 6.45) is 1.86. The van der Waals surface area contributed by atoms with Crippen LogP contribution >= 0.6 is 0 Å². The Labute approximate surface area is 192 Å². The number of aromatic nitrogens is 2. The van der Waals surface area contributed by atoms with Crippen molar-refractivity contribution in [2.45, 2.75) is 19.9 Å². The van der Waals surface area contributed by atoms with Crippen molar-refractivity contribution in [3.63, 3.8) is 0 Å². The standard InChI is InChI=1S/C25H28N4O4/c1-15-7-6-12-28-16(2)20(26-24(15)28)22(30)19-21(17-8-10-18(33-5)11-9-17)29(14-13-27(3)4)25(32)23(19)31/h6-12,21,30H,13-14H2,1-5H3. The van der Waals surface area contributed by atoms with Crippen molar-refractivity contribution in [3.8, 4) is 5.75 Å². The lowest BCUT2D eigenvalue weighted by molar-refractivity contribution is -0.140. The second-order valence-electron chi connectivity index (χ2n) is 8.50. The Morgan fingerprint density at radius 3 is 2.45 bits per heavy atom. The van der Waals surface area contributed by atoms with E-state index in [1.807, 2.05) is 67.7 Å². The Kier molecular flexibility index (Phi) is 5.95. The molecule has 0 radical (unpaired) electrons. The van der Waals surface area contributed by atoms with Gasteiger partial charge in [-0.2, -0.15) is 0 Å². The second-order valence-corrected chi connectivity index (χ2v) is 8.50. The molecule has 4 rings (SSSR count). The van der Waals surface area contributed by atoms with Crippen LogP contribution < -0.4 is 4.74 Å². The number of ether oxygens (including phenoxy) is 1. The molecule has 1 atom stereocenters. The number of pyridine rings is 1. The largest absolute Gasteiger partial charge is 0.505 e. The van der Waals surface area contributed by atoms with Crippen LogP contribution in [0.15, 0.2) is 48.2 Å². The zero-order valence-corrected chi connectivity index (χ0v) is 19.5. The molecule has 1 amide bonds. The molecule has 0 spiro atoms. The third kappa shape index (κ3) is 3.87. The molecule has 1 saturated heterocycles. The number of aliphatic hydroxyl groups is 1. The molecule has 1 N–H and O–H groups in total. The van der Waals surface area contributed by atoms with Crippen LogP contribution in [0.3, 0.4) is 0 Å². The van der Waals surface area contributed by atoms with Crippen molar-refractivity contribution < 1.29 is 19.4 Å². The number of carbonyl (C=O) groups excluding carboxylic acids is 2. The van der Waals surface area contributed by atoms with Crippen LogP contribution in [-0.4, -0.2) is 70.3 Å². The predicted octanol–water partition coefficient (Wildman–Crippen LogP) is 2.94. The Morgan fingerprint density at radius 2 is 1.85 bits per heavy atom. The topological polar surface area (TPSA) is 87.4 Å². The number of likely N-dealkylation sites (tertiary alicyclic amines) is 1. The first-order chi connectivity index (χ1) is 15.7. The maximum atomic E-state index is 13.2. The lowest BCUT2D eigenvalue weighted by atomic mass is 9.96. The molecule has 172 valence electrons. The number of aryl methyl sites for hydroxylation is 2. The van der Waals surface area contributed by atoms with E-state index < -0.39 is 17.7 Å². The van der Waals surface area contributed by atoms with Crippen molar-refractivity contribution in [3.05, 3.63) is 70.7 Å². The van der Waals surface area contributed by atoms with E-state index in [0.717, 1.165) is 5.56 Å². The summed E-state index contributed by atoms with van der Waals surface area (Å²) in [4.78, 5) is 34.3. The number of aliphatic hydroxyl groups excluding tert-OH is 1. The summed E-state index contributed by atoms with van der Waals surface area (Å²) in [5.74, 6) is -0.935. The van der Waals surface area contributed by atoms with Crippen molar-refractivity contribution in [1.29, 1.82) is 0 Å². The van der Waals surface area contributed by atoms with Gasteiger partial charge in [-0.05, 0) is 57.3 Å². The lowest BCUT2D eigenvalue weighted by Crippen LogP contribution is -2.35. The van der Waals surface area contributed by atoms with Crippen LogP contribution in [0.25, 0.3) is 11.4 Å². The molecule has 0 bridgehead atoms. The molecule has 33 heavy (non-hydrogen) atoms. The number of carbonyl (C=O) groups is 2. The number of ketones is 1. The van der Waals surface area contributed by atoms with Gasteiger partial charge >= 0.3 is 0 Å². The third-order valence-electron chi connectivity index (χ3n) is 6.07. The summed E-state index contributed by atoms with van der Waals surface area (Å²) in [6.45, 7) is 4.68. The second kappa shape index (κ2) is 8.71.